The summed E-state index contributed by atoms with van der Waals surface area (Å²) in [5.74, 6) is 1.90. The topological polar surface area (TPSA) is 51.8 Å². The summed E-state index contributed by atoms with van der Waals surface area (Å²) in [6.45, 7) is 3.20. The van der Waals surface area contributed by atoms with Gasteiger partial charge in [-0.15, -0.1) is 21.5 Å². The molecular weight excluding hydrogens is 254 g/mol. The maximum absolute atomic E-state index is 5.64. The number of hydrogen-bond donors (Lipinski definition) is 1. The molecule has 2 unspecified atom stereocenters. The van der Waals surface area contributed by atoms with E-state index in [1.807, 2.05) is 11.3 Å². The minimum atomic E-state index is 0.378. The molecule has 2 atom stereocenters. The van der Waals surface area contributed by atoms with Crippen LogP contribution < -0.4 is 5.73 Å². The molecular formula is C15H23N3S. The average Bonchev–Trinajstić information content (AvgIpc) is 2.75. The number of rotatable bonds is 3. The van der Waals surface area contributed by atoms with Gasteiger partial charge in [0.2, 0.25) is 0 Å². The van der Waals surface area contributed by atoms with E-state index in [-0.39, 0.29) is 0 Å². The van der Waals surface area contributed by atoms with Crippen LogP contribution in [0.4, 0.5) is 0 Å². The van der Waals surface area contributed by atoms with E-state index < -0.39 is 0 Å². The Bertz CT molecular complexity index is 481. The van der Waals surface area contributed by atoms with Gasteiger partial charge >= 0.3 is 0 Å². The van der Waals surface area contributed by atoms with Crippen molar-refractivity contribution in [3.8, 4) is 0 Å². The van der Waals surface area contributed by atoms with Crippen LogP contribution in [0.1, 0.15) is 55.5 Å². The number of aromatic nitrogens is 2. The molecule has 1 aromatic heterocycles. The third-order valence-electron chi connectivity index (χ3n) is 5.63. The highest BCUT2D eigenvalue weighted by Crippen LogP contribution is 2.65. The Morgan fingerprint density at radius 2 is 1.95 bits per heavy atom. The van der Waals surface area contributed by atoms with Gasteiger partial charge in [0.05, 0.1) is 0 Å². The van der Waals surface area contributed by atoms with E-state index in [1.54, 1.807) is 0 Å². The predicted molar refractivity (Wildman–Crippen MR) is 77.1 cm³/mol. The summed E-state index contributed by atoms with van der Waals surface area (Å²) in [7, 11) is 0. The smallest absolute Gasteiger partial charge is 0.123 e. The van der Waals surface area contributed by atoms with Crippen LogP contribution in [0, 0.1) is 17.3 Å². The van der Waals surface area contributed by atoms with Crippen LogP contribution in [0.15, 0.2) is 0 Å². The van der Waals surface area contributed by atoms with Crippen molar-refractivity contribution in [2.24, 2.45) is 23.0 Å². The van der Waals surface area contributed by atoms with Gasteiger partial charge in [0.15, 0.2) is 0 Å². The van der Waals surface area contributed by atoms with Crippen molar-refractivity contribution in [3.05, 3.63) is 10.0 Å². The van der Waals surface area contributed by atoms with E-state index in [0.717, 1.165) is 23.3 Å². The fourth-order valence-corrected chi connectivity index (χ4v) is 6.72. The summed E-state index contributed by atoms with van der Waals surface area (Å²) in [5, 5.41) is 11.4. The van der Waals surface area contributed by atoms with Crippen molar-refractivity contribution in [2.45, 2.75) is 57.3 Å². The fourth-order valence-electron chi connectivity index (χ4n) is 5.66. The first kappa shape index (κ1) is 12.3. The van der Waals surface area contributed by atoms with Crippen molar-refractivity contribution < 1.29 is 0 Å². The Morgan fingerprint density at radius 1 is 1.21 bits per heavy atom. The second-order valence-corrected chi connectivity index (χ2v) is 8.65. The van der Waals surface area contributed by atoms with E-state index >= 15 is 0 Å². The lowest BCUT2D eigenvalue weighted by Gasteiger charge is -2.60. The first-order valence-corrected chi connectivity index (χ1v) is 8.45. The molecule has 0 saturated heterocycles. The minimum Gasteiger partial charge on any atom is -0.330 e. The number of nitrogens with zero attached hydrogens (tertiary/aromatic N) is 2. The maximum atomic E-state index is 5.64. The van der Waals surface area contributed by atoms with Crippen molar-refractivity contribution in [1.29, 1.82) is 0 Å². The van der Waals surface area contributed by atoms with Gasteiger partial charge in [-0.3, -0.25) is 0 Å². The molecule has 1 heterocycles. The Balaban J connectivity index is 1.69. The molecule has 0 aliphatic heterocycles. The van der Waals surface area contributed by atoms with E-state index in [0.29, 0.717) is 17.4 Å². The standard InChI is InChI=1S/C15H23N3S/c1-14-5-10-4-11(6-14)8-15(7-10,9-14)13-18-17-12(19-13)2-3-16/h10-11H,2-9,16H2,1H3. The predicted octanol–water partition coefficient (Wildman–Crippen LogP) is 2.90. The largest absolute Gasteiger partial charge is 0.330 e. The fraction of sp³-hybridized carbons (Fsp3) is 0.867. The van der Waals surface area contributed by atoms with Gasteiger partial charge in [-0.05, 0) is 62.3 Å². The third kappa shape index (κ3) is 1.87. The normalized spacial score (nSPS) is 43.9. The second-order valence-electron chi connectivity index (χ2n) is 7.59. The van der Waals surface area contributed by atoms with Crippen molar-refractivity contribution >= 4 is 11.3 Å². The molecule has 5 rings (SSSR count). The number of hydrogen-bond acceptors (Lipinski definition) is 4. The van der Waals surface area contributed by atoms with Crippen LogP contribution in [-0.4, -0.2) is 16.7 Å². The second kappa shape index (κ2) is 4.01. The lowest BCUT2D eigenvalue weighted by Crippen LogP contribution is -2.52. The van der Waals surface area contributed by atoms with Crippen LogP contribution in [0.3, 0.4) is 0 Å². The van der Waals surface area contributed by atoms with Gasteiger partial charge in [-0.1, -0.05) is 6.92 Å². The molecule has 0 radical (unpaired) electrons. The molecule has 19 heavy (non-hydrogen) atoms. The SMILES string of the molecule is CC12CC3CC(C1)CC(c1nnc(CCN)s1)(C3)C2. The maximum Gasteiger partial charge on any atom is 0.123 e. The Hall–Kier alpha value is -0.480. The molecule has 0 amide bonds. The first-order chi connectivity index (χ1) is 9.11. The van der Waals surface area contributed by atoms with Gasteiger partial charge in [-0.25, -0.2) is 0 Å². The molecule has 0 spiro atoms. The lowest BCUT2D eigenvalue weighted by atomic mass is 9.45. The summed E-state index contributed by atoms with van der Waals surface area (Å²) in [6.07, 6.45) is 9.38. The molecule has 4 aliphatic rings. The summed E-state index contributed by atoms with van der Waals surface area (Å²) >= 11 is 1.84. The quantitative estimate of drug-likeness (QED) is 0.924. The molecule has 4 fully saturated rings. The van der Waals surface area contributed by atoms with Gasteiger partial charge in [0, 0.05) is 11.8 Å². The van der Waals surface area contributed by atoms with E-state index in [2.05, 4.69) is 17.1 Å². The van der Waals surface area contributed by atoms with Crippen molar-refractivity contribution in [1.82, 2.24) is 10.2 Å². The Kier molecular flexibility index (Phi) is 2.59. The average molecular weight is 277 g/mol. The highest BCUT2D eigenvalue weighted by molar-refractivity contribution is 7.11. The summed E-state index contributed by atoms with van der Waals surface area (Å²) in [5.41, 5.74) is 6.60. The zero-order valence-electron chi connectivity index (χ0n) is 11.7. The molecule has 0 aromatic carbocycles. The number of nitrogens with two attached hydrogens (primary N) is 1. The zero-order valence-corrected chi connectivity index (χ0v) is 12.5. The van der Waals surface area contributed by atoms with Gasteiger partial charge in [0.25, 0.3) is 0 Å². The summed E-state index contributed by atoms with van der Waals surface area (Å²) in [4.78, 5) is 0. The van der Waals surface area contributed by atoms with Gasteiger partial charge in [0.1, 0.15) is 10.0 Å². The molecule has 2 N–H and O–H groups in total. The Labute approximate surface area is 119 Å². The molecule has 4 bridgehead atoms. The molecule has 4 saturated carbocycles. The minimum absolute atomic E-state index is 0.378. The van der Waals surface area contributed by atoms with Gasteiger partial charge < -0.3 is 5.73 Å². The first-order valence-electron chi connectivity index (χ1n) is 7.64. The van der Waals surface area contributed by atoms with Crippen LogP contribution in [0.25, 0.3) is 0 Å². The van der Waals surface area contributed by atoms with Gasteiger partial charge in [-0.2, -0.15) is 0 Å². The van der Waals surface area contributed by atoms with E-state index in [1.165, 1.54) is 43.5 Å². The molecule has 1 aromatic rings. The van der Waals surface area contributed by atoms with Crippen LogP contribution >= 0.6 is 11.3 Å². The highest BCUT2D eigenvalue weighted by atomic mass is 32.1. The van der Waals surface area contributed by atoms with Crippen molar-refractivity contribution in [3.63, 3.8) is 0 Å². The van der Waals surface area contributed by atoms with E-state index in [4.69, 9.17) is 5.73 Å². The summed E-state index contributed by atoms with van der Waals surface area (Å²) in [6, 6.07) is 0. The third-order valence-corrected chi connectivity index (χ3v) is 6.86. The van der Waals surface area contributed by atoms with Crippen molar-refractivity contribution in [2.75, 3.05) is 6.54 Å². The van der Waals surface area contributed by atoms with Crippen LogP contribution in [-0.2, 0) is 11.8 Å². The summed E-state index contributed by atoms with van der Waals surface area (Å²) < 4.78 is 0. The molecule has 4 aliphatic carbocycles. The van der Waals surface area contributed by atoms with E-state index in [9.17, 15) is 0 Å². The molecule has 4 heteroatoms. The monoisotopic (exact) mass is 277 g/mol. The zero-order chi connectivity index (χ0) is 13.1. The highest BCUT2D eigenvalue weighted by Gasteiger charge is 2.57. The Morgan fingerprint density at radius 3 is 2.58 bits per heavy atom. The van der Waals surface area contributed by atoms with Crippen LogP contribution in [0.2, 0.25) is 0 Å². The lowest BCUT2D eigenvalue weighted by molar-refractivity contribution is -0.0618. The van der Waals surface area contributed by atoms with Crippen LogP contribution in [0.5, 0.6) is 0 Å². The molecule has 3 nitrogen and oxygen atoms in total. The molecule has 104 valence electrons.